The molecule has 2 N–H and O–H groups in total. The van der Waals surface area contributed by atoms with Gasteiger partial charge in [-0.15, -0.1) is 0 Å². The van der Waals surface area contributed by atoms with E-state index in [0.717, 1.165) is 5.56 Å². The summed E-state index contributed by atoms with van der Waals surface area (Å²) in [6, 6.07) is 6.18. The summed E-state index contributed by atoms with van der Waals surface area (Å²) in [5, 5.41) is 0. The number of halogens is 2. The van der Waals surface area contributed by atoms with Crippen LogP contribution in [-0.2, 0) is 15.3 Å². The largest absolute Gasteiger partial charge is 0.435 e. The van der Waals surface area contributed by atoms with Gasteiger partial charge in [0.1, 0.15) is 5.75 Å². The van der Waals surface area contributed by atoms with Crippen LogP contribution in [0.4, 0.5) is 8.78 Å². The van der Waals surface area contributed by atoms with Gasteiger partial charge in [-0.25, -0.2) is 0 Å². The monoisotopic (exact) mass is 259 g/mol. The lowest BCUT2D eigenvalue weighted by Gasteiger charge is -2.23. The van der Waals surface area contributed by atoms with Crippen LogP contribution in [0.5, 0.6) is 5.75 Å². The Kier molecular flexibility index (Phi) is 3.79. The lowest BCUT2D eigenvalue weighted by atomic mass is 10.1. The highest BCUT2D eigenvalue weighted by molar-refractivity contribution is 5.30. The predicted molar refractivity (Wildman–Crippen MR) is 60.3 cm³/mol. The summed E-state index contributed by atoms with van der Waals surface area (Å²) < 4.78 is 39.5. The molecule has 100 valence electrons. The molecule has 0 radical (unpaired) electrons. The minimum atomic E-state index is -2.83. The lowest BCUT2D eigenvalue weighted by molar-refractivity contribution is -0.160. The zero-order chi connectivity index (χ0) is 13.2. The molecule has 1 aromatic carbocycles. The van der Waals surface area contributed by atoms with E-state index < -0.39 is 12.4 Å². The summed E-state index contributed by atoms with van der Waals surface area (Å²) in [6.07, 6.45) is -0.146. The van der Waals surface area contributed by atoms with Crippen LogP contribution in [0.15, 0.2) is 24.3 Å². The molecule has 1 aromatic rings. The molecule has 1 aliphatic heterocycles. The van der Waals surface area contributed by atoms with E-state index in [0.29, 0.717) is 13.2 Å². The third-order valence-corrected chi connectivity index (χ3v) is 2.80. The fraction of sp³-hybridized carbons (Fsp3) is 0.500. The van der Waals surface area contributed by atoms with Crippen molar-refractivity contribution >= 4 is 0 Å². The molecule has 6 heteroatoms. The molecule has 1 saturated heterocycles. The standard InChI is InChI=1S/C12H15F2NO3/c1-12(16-7-10(6-15)18-12)8-2-4-9(5-3-8)17-11(13)14/h2-5,10-11H,6-7,15H2,1H3. The van der Waals surface area contributed by atoms with Crippen LogP contribution in [0.1, 0.15) is 12.5 Å². The fourth-order valence-corrected chi connectivity index (χ4v) is 1.84. The molecule has 2 unspecified atom stereocenters. The quantitative estimate of drug-likeness (QED) is 0.896. The van der Waals surface area contributed by atoms with Crippen LogP contribution in [0, 0.1) is 0 Å². The molecule has 0 aliphatic carbocycles. The minimum Gasteiger partial charge on any atom is -0.435 e. The van der Waals surface area contributed by atoms with Gasteiger partial charge in [0.2, 0.25) is 0 Å². The summed E-state index contributed by atoms with van der Waals surface area (Å²) in [7, 11) is 0. The molecule has 1 aliphatic rings. The van der Waals surface area contributed by atoms with E-state index in [9.17, 15) is 8.78 Å². The molecular weight excluding hydrogens is 244 g/mol. The molecule has 0 amide bonds. The lowest BCUT2D eigenvalue weighted by Crippen LogP contribution is -2.27. The van der Waals surface area contributed by atoms with Crippen molar-refractivity contribution in [2.45, 2.75) is 25.4 Å². The van der Waals surface area contributed by atoms with Crippen molar-refractivity contribution in [2.75, 3.05) is 13.2 Å². The molecule has 2 rings (SSSR count). The Labute approximate surface area is 104 Å². The van der Waals surface area contributed by atoms with E-state index in [1.165, 1.54) is 12.1 Å². The predicted octanol–water partition coefficient (Wildman–Crippen LogP) is 1.83. The Balaban J connectivity index is 2.10. The van der Waals surface area contributed by atoms with Gasteiger partial charge in [0.05, 0.1) is 12.7 Å². The van der Waals surface area contributed by atoms with Gasteiger partial charge in [-0.3, -0.25) is 0 Å². The van der Waals surface area contributed by atoms with Crippen LogP contribution in [0.3, 0.4) is 0 Å². The van der Waals surface area contributed by atoms with Crippen LogP contribution < -0.4 is 10.5 Å². The van der Waals surface area contributed by atoms with E-state index >= 15 is 0 Å². The van der Waals surface area contributed by atoms with E-state index in [4.69, 9.17) is 15.2 Å². The Morgan fingerprint density at radius 1 is 1.44 bits per heavy atom. The summed E-state index contributed by atoms with van der Waals surface area (Å²) in [4.78, 5) is 0. The first-order chi connectivity index (χ1) is 8.53. The highest BCUT2D eigenvalue weighted by Crippen LogP contribution is 2.34. The van der Waals surface area contributed by atoms with Crippen LogP contribution in [0.25, 0.3) is 0 Å². The third-order valence-electron chi connectivity index (χ3n) is 2.80. The fourth-order valence-electron chi connectivity index (χ4n) is 1.84. The van der Waals surface area contributed by atoms with Crippen LogP contribution in [0.2, 0.25) is 0 Å². The molecule has 0 aromatic heterocycles. The normalized spacial score (nSPS) is 27.7. The first kappa shape index (κ1) is 13.2. The number of nitrogens with two attached hydrogens (primary N) is 1. The second kappa shape index (κ2) is 5.17. The van der Waals surface area contributed by atoms with Gasteiger partial charge in [-0.2, -0.15) is 8.78 Å². The second-order valence-electron chi connectivity index (χ2n) is 4.14. The summed E-state index contributed by atoms with van der Waals surface area (Å²) in [5.41, 5.74) is 6.24. The topological polar surface area (TPSA) is 53.7 Å². The molecule has 0 saturated carbocycles. The van der Waals surface area contributed by atoms with Crippen molar-refractivity contribution in [3.63, 3.8) is 0 Å². The maximum absolute atomic E-state index is 12.0. The van der Waals surface area contributed by atoms with E-state index in [2.05, 4.69) is 4.74 Å². The summed E-state index contributed by atoms with van der Waals surface area (Å²) >= 11 is 0. The summed E-state index contributed by atoms with van der Waals surface area (Å²) in [6.45, 7) is -0.261. The van der Waals surface area contributed by atoms with Gasteiger partial charge in [0, 0.05) is 12.1 Å². The van der Waals surface area contributed by atoms with Gasteiger partial charge in [0.25, 0.3) is 0 Å². The maximum atomic E-state index is 12.0. The van der Waals surface area contributed by atoms with Gasteiger partial charge in [-0.1, -0.05) is 0 Å². The molecule has 0 spiro atoms. The van der Waals surface area contributed by atoms with Crippen LogP contribution in [-0.4, -0.2) is 25.9 Å². The van der Waals surface area contributed by atoms with Gasteiger partial charge >= 0.3 is 6.61 Å². The second-order valence-corrected chi connectivity index (χ2v) is 4.14. The van der Waals surface area contributed by atoms with Crippen molar-refractivity contribution in [1.82, 2.24) is 0 Å². The molecule has 0 bridgehead atoms. The van der Waals surface area contributed by atoms with Crippen molar-refractivity contribution in [3.05, 3.63) is 29.8 Å². The first-order valence-corrected chi connectivity index (χ1v) is 5.60. The van der Waals surface area contributed by atoms with Crippen molar-refractivity contribution in [3.8, 4) is 5.75 Å². The van der Waals surface area contributed by atoms with Gasteiger partial charge in [-0.05, 0) is 31.2 Å². The molecule has 1 heterocycles. The van der Waals surface area contributed by atoms with Crippen molar-refractivity contribution < 1.29 is 23.0 Å². The molecule has 18 heavy (non-hydrogen) atoms. The molecule has 1 fully saturated rings. The average Bonchev–Trinajstić information content (AvgIpc) is 2.72. The number of hydrogen-bond acceptors (Lipinski definition) is 4. The number of rotatable bonds is 4. The first-order valence-electron chi connectivity index (χ1n) is 5.60. The smallest absolute Gasteiger partial charge is 0.387 e. The zero-order valence-corrected chi connectivity index (χ0v) is 9.94. The molecule has 4 nitrogen and oxygen atoms in total. The minimum absolute atomic E-state index is 0.103. The summed E-state index contributed by atoms with van der Waals surface area (Å²) in [5.74, 6) is -0.779. The number of ether oxygens (including phenoxy) is 3. The van der Waals surface area contributed by atoms with E-state index in [1.807, 2.05) is 0 Å². The maximum Gasteiger partial charge on any atom is 0.387 e. The Morgan fingerprint density at radius 2 is 2.11 bits per heavy atom. The van der Waals surface area contributed by atoms with Crippen molar-refractivity contribution in [1.29, 1.82) is 0 Å². The molecular formula is C12H15F2NO3. The molecule has 2 atom stereocenters. The van der Waals surface area contributed by atoms with Gasteiger partial charge in [0.15, 0.2) is 5.79 Å². The number of alkyl halides is 2. The number of hydrogen-bond donors (Lipinski definition) is 1. The SMILES string of the molecule is CC1(c2ccc(OC(F)F)cc2)OCC(CN)O1. The Morgan fingerprint density at radius 3 is 2.61 bits per heavy atom. The Hall–Kier alpha value is -1.24. The zero-order valence-electron chi connectivity index (χ0n) is 9.94. The van der Waals surface area contributed by atoms with E-state index in [-0.39, 0.29) is 11.9 Å². The van der Waals surface area contributed by atoms with Crippen molar-refractivity contribution in [2.24, 2.45) is 5.73 Å². The highest BCUT2D eigenvalue weighted by Gasteiger charge is 2.38. The van der Waals surface area contributed by atoms with Crippen LogP contribution >= 0.6 is 0 Å². The van der Waals surface area contributed by atoms with E-state index in [1.54, 1.807) is 19.1 Å². The third kappa shape index (κ3) is 2.77. The number of benzene rings is 1. The average molecular weight is 259 g/mol. The van der Waals surface area contributed by atoms with Gasteiger partial charge < -0.3 is 19.9 Å². The Bertz CT molecular complexity index is 399. The highest BCUT2D eigenvalue weighted by atomic mass is 19.3.